The lowest BCUT2D eigenvalue weighted by atomic mass is 10.7. The summed E-state index contributed by atoms with van der Waals surface area (Å²) in [5.41, 5.74) is 4.75. The quantitative estimate of drug-likeness (QED) is 0.520. The third kappa shape index (κ3) is 5.53. The van der Waals surface area contributed by atoms with Crippen molar-refractivity contribution < 1.29 is 13.8 Å². The van der Waals surface area contributed by atoms with E-state index in [0.717, 1.165) is 0 Å². The Kier molecular flexibility index (Phi) is 4.44. The summed E-state index contributed by atoms with van der Waals surface area (Å²) in [6.07, 6.45) is 0. The smallest absolute Gasteiger partial charge is 0.232 e. The highest BCUT2D eigenvalue weighted by Gasteiger charge is 2.07. The maximum absolute atomic E-state index is 10.8. The summed E-state index contributed by atoms with van der Waals surface area (Å²) in [5, 5.41) is 2.29. The van der Waals surface area contributed by atoms with Gasteiger partial charge in [-0.3, -0.25) is 13.8 Å². The second kappa shape index (κ2) is 4.84. The first kappa shape index (κ1) is 10.1. The maximum Gasteiger partial charge on any atom is 0.232 e. The van der Waals surface area contributed by atoms with Gasteiger partial charge in [0.15, 0.2) is 0 Å². The lowest BCUT2D eigenvalue weighted by molar-refractivity contribution is -0.118. The van der Waals surface area contributed by atoms with Crippen LogP contribution < -0.4 is 11.1 Å². The lowest BCUT2D eigenvalue weighted by Gasteiger charge is -1.97. The largest absolute Gasteiger partial charge is 0.369 e. The normalized spacial score (nSPS) is 12.1. The van der Waals surface area contributed by atoms with Gasteiger partial charge in [0.25, 0.3) is 0 Å². The van der Waals surface area contributed by atoms with Gasteiger partial charge in [0.05, 0.1) is 0 Å². The van der Waals surface area contributed by atoms with Gasteiger partial charge in [0.2, 0.25) is 11.8 Å². The number of carbonyl (C=O) groups excluding carboxylic acids is 2. The molecule has 0 aliphatic heterocycles. The van der Waals surface area contributed by atoms with Crippen LogP contribution in [0.5, 0.6) is 0 Å². The van der Waals surface area contributed by atoms with Gasteiger partial charge in [-0.05, 0) is 0 Å². The Hall–Kier alpha value is -0.910. The zero-order valence-electron chi connectivity index (χ0n) is 6.12. The van der Waals surface area contributed by atoms with Crippen molar-refractivity contribution >= 4 is 22.6 Å². The first-order valence-corrected chi connectivity index (χ1v) is 4.39. The van der Waals surface area contributed by atoms with Crippen LogP contribution in [0.3, 0.4) is 0 Å². The van der Waals surface area contributed by atoms with E-state index in [4.69, 9.17) is 5.73 Å². The van der Waals surface area contributed by atoms with Crippen molar-refractivity contribution in [2.45, 2.75) is 0 Å². The van der Waals surface area contributed by atoms with Crippen LogP contribution in [0.15, 0.2) is 0 Å². The number of hydrogen-bond acceptors (Lipinski definition) is 3. The lowest BCUT2D eigenvalue weighted by Crippen LogP contribution is -2.28. The highest BCUT2D eigenvalue weighted by Crippen LogP contribution is 1.80. The number of hydrogen-bond donors (Lipinski definition) is 2. The van der Waals surface area contributed by atoms with Crippen LogP contribution in [0.25, 0.3) is 0 Å². The van der Waals surface area contributed by atoms with E-state index in [-0.39, 0.29) is 17.4 Å². The van der Waals surface area contributed by atoms with Crippen molar-refractivity contribution in [2.24, 2.45) is 5.73 Å². The molecule has 0 aromatic carbocycles. The van der Waals surface area contributed by atoms with E-state index in [2.05, 4.69) is 5.32 Å². The maximum atomic E-state index is 10.8. The van der Waals surface area contributed by atoms with Crippen LogP contribution >= 0.6 is 0 Å². The molecule has 6 heteroatoms. The fourth-order valence-electron chi connectivity index (χ4n) is 0.428. The first-order chi connectivity index (χ1) is 5.06. The molecule has 0 aromatic heterocycles. The third-order valence-corrected chi connectivity index (χ3v) is 2.06. The molecule has 3 N–H and O–H groups in total. The van der Waals surface area contributed by atoms with Crippen molar-refractivity contribution in [1.29, 1.82) is 0 Å². The highest BCUT2D eigenvalue weighted by molar-refractivity contribution is 7.86. The molecule has 5 nitrogen and oxygen atoms in total. The molecule has 0 heterocycles. The van der Waals surface area contributed by atoms with Crippen LogP contribution in [0.4, 0.5) is 0 Å². The summed E-state index contributed by atoms with van der Waals surface area (Å²) in [7, 11) is -0.0324. The van der Waals surface area contributed by atoms with E-state index in [9.17, 15) is 13.8 Å². The van der Waals surface area contributed by atoms with Crippen molar-refractivity contribution in [1.82, 2.24) is 5.32 Å². The average Bonchev–Trinajstić information content (AvgIpc) is 1.85. The Morgan fingerprint density at radius 1 is 1.45 bits per heavy atom. The standard InChI is InChI=1S/C5H10N2O3S/c1-7-5(9)3-11(10)2-4(6)8/h2-3H2,1H3,(H2,6,8)(H,7,9). The van der Waals surface area contributed by atoms with Gasteiger partial charge in [0, 0.05) is 17.8 Å². The fraction of sp³-hybridized carbons (Fsp3) is 0.600. The number of primary amides is 1. The average molecular weight is 178 g/mol. The van der Waals surface area contributed by atoms with E-state index in [1.54, 1.807) is 0 Å². The third-order valence-electron chi connectivity index (χ3n) is 0.874. The van der Waals surface area contributed by atoms with Crippen LogP contribution in [-0.4, -0.2) is 34.6 Å². The van der Waals surface area contributed by atoms with Crippen LogP contribution in [0.2, 0.25) is 0 Å². The minimum absolute atomic E-state index is 0.167. The molecule has 0 fully saturated rings. The van der Waals surface area contributed by atoms with E-state index < -0.39 is 16.7 Å². The van der Waals surface area contributed by atoms with E-state index >= 15 is 0 Å². The Bertz CT molecular complexity index is 192. The van der Waals surface area contributed by atoms with Gasteiger partial charge in [0.1, 0.15) is 11.5 Å². The van der Waals surface area contributed by atoms with Gasteiger partial charge >= 0.3 is 0 Å². The van der Waals surface area contributed by atoms with Gasteiger partial charge in [-0.25, -0.2) is 0 Å². The molecule has 1 atom stereocenters. The Morgan fingerprint density at radius 2 is 2.00 bits per heavy atom. The number of carbonyl (C=O) groups is 2. The van der Waals surface area contributed by atoms with Gasteiger partial charge in [-0.1, -0.05) is 0 Å². The monoisotopic (exact) mass is 178 g/mol. The minimum Gasteiger partial charge on any atom is -0.369 e. The molecule has 1 unspecified atom stereocenters. The Balaban J connectivity index is 3.70. The Labute approximate surface area is 66.8 Å². The van der Waals surface area contributed by atoms with E-state index in [0.29, 0.717) is 0 Å². The predicted octanol–water partition coefficient (Wildman–Crippen LogP) is -2.03. The van der Waals surface area contributed by atoms with E-state index in [1.165, 1.54) is 7.05 Å². The first-order valence-electron chi connectivity index (χ1n) is 2.90. The number of rotatable bonds is 4. The molecule has 0 aliphatic rings. The second-order valence-corrected chi connectivity index (χ2v) is 3.32. The molecule has 0 saturated heterocycles. The zero-order chi connectivity index (χ0) is 8.85. The number of nitrogens with two attached hydrogens (primary N) is 1. The predicted molar refractivity (Wildman–Crippen MR) is 41.1 cm³/mol. The summed E-state index contributed by atoms with van der Waals surface area (Å²) in [6.45, 7) is 0. The van der Waals surface area contributed by atoms with Crippen LogP contribution in [-0.2, 0) is 20.4 Å². The highest BCUT2D eigenvalue weighted by atomic mass is 32.2. The molecular formula is C5H10N2O3S. The topological polar surface area (TPSA) is 89.3 Å². The molecule has 0 aromatic rings. The number of nitrogens with one attached hydrogen (secondary N) is 1. The van der Waals surface area contributed by atoms with Crippen molar-refractivity contribution in [3.8, 4) is 0 Å². The molecule has 64 valence electrons. The molecule has 0 bridgehead atoms. The van der Waals surface area contributed by atoms with Gasteiger partial charge < -0.3 is 11.1 Å². The minimum atomic E-state index is -1.47. The fourth-order valence-corrected chi connectivity index (χ4v) is 1.28. The summed E-state index contributed by atoms with van der Waals surface area (Å²) >= 11 is 0. The van der Waals surface area contributed by atoms with Crippen molar-refractivity contribution in [2.75, 3.05) is 18.6 Å². The summed E-state index contributed by atoms with van der Waals surface area (Å²) in [4.78, 5) is 20.7. The van der Waals surface area contributed by atoms with Crippen LogP contribution in [0.1, 0.15) is 0 Å². The van der Waals surface area contributed by atoms with Gasteiger partial charge in [-0.2, -0.15) is 0 Å². The zero-order valence-corrected chi connectivity index (χ0v) is 6.94. The molecule has 11 heavy (non-hydrogen) atoms. The van der Waals surface area contributed by atoms with Crippen molar-refractivity contribution in [3.05, 3.63) is 0 Å². The van der Waals surface area contributed by atoms with Crippen LogP contribution in [0, 0.1) is 0 Å². The van der Waals surface area contributed by atoms with E-state index in [1.807, 2.05) is 0 Å². The summed E-state index contributed by atoms with van der Waals surface area (Å²) in [5.74, 6) is -1.44. The summed E-state index contributed by atoms with van der Waals surface area (Å²) in [6, 6.07) is 0. The van der Waals surface area contributed by atoms with Gasteiger partial charge in [-0.15, -0.1) is 0 Å². The molecule has 0 spiro atoms. The number of amides is 2. The molecular weight excluding hydrogens is 168 g/mol. The summed E-state index contributed by atoms with van der Waals surface area (Å²) < 4.78 is 10.8. The second-order valence-electron chi connectivity index (χ2n) is 1.87. The SMILES string of the molecule is CNC(=O)CS(=O)CC(N)=O. The molecule has 0 saturated carbocycles. The Morgan fingerprint density at radius 3 is 2.36 bits per heavy atom. The molecule has 2 amide bonds. The van der Waals surface area contributed by atoms with Crippen molar-refractivity contribution in [3.63, 3.8) is 0 Å². The molecule has 0 radical (unpaired) electrons. The molecule has 0 rings (SSSR count). The molecule has 0 aliphatic carbocycles.